The van der Waals surface area contributed by atoms with Crippen LogP contribution in [0.5, 0.6) is 0 Å². The predicted octanol–water partition coefficient (Wildman–Crippen LogP) is 5.01. The van der Waals surface area contributed by atoms with Gasteiger partial charge in [0.1, 0.15) is 5.82 Å². The molecule has 0 bridgehead atoms. The number of alkyl halides is 3. The fourth-order valence-electron chi connectivity index (χ4n) is 3.24. The summed E-state index contributed by atoms with van der Waals surface area (Å²) in [6.07, 6.45) is -5.21. The van der Waals surface area contributed by atoms with Gasteiger partial charge in [-0.2, -0.15) is 18.2 Å². The SMILES string of the molecule is CCO[C@](C)(C(=O)CCc1ccc(Cl)c(-c2nc(-c3ccccc3)nc(=O)[nH]2)c1)C(F)(F)F. The van der Waals surface area contributed by atoms with Gasteiger partial charge in [0.25, 0.3) is 0 Å². The Hall–Kier alpha value is -3.04. The molecule has 0 radical (unpaired) electrons. The number of aryl methyl sites for hydroxylation is 1. The lowest BCUT2D eigenvalue weighted by molar-refractivity contribution is -0.258. The van der Waals surface area contributed by atoms with E-state index in [1.165, 1.54) is 13.0 Å². The minimum Gasteiger partial charge on any atom is -0.359 e. The minimum absolute atomic E-state index is 0.0165. The highest BCUT2D eigenvalue weighted by atomic mass is 35.5. The highest BCUT2D eigenvalue weighted by molar-refractivity contribution is 6.33. The van der Waals surface area contributed by atoms with Crippen LogP contribution in [0.15, 0.2) is 53.3 Å². The van der Waals surface area contributed by atoms with Gasteiger partial charge in [-0.15, -0.1) is 0 Å². The van der Waals surface area contributed by atoms with Crippen molar-refractivity contribution in [3.63, 3.8) is 0 Å². The molecule has 0 aliphatic carbocycles. The molecule has 0 saturated heterocycles. The Balaban J connectivity index is 1.89. The van der Waals surface area contributed by atoms with Crippen LogP contribution in [0.3, 0.4) is 0 Å². The number of benzene rings is 2. The molecular weight excluding hydrogens is 459 g/mol. The molecule has 33 heavy (non-hydrogen) atoms. The Morgan fingerprint density at radius 3 is 2.45 bits per heavy atom. The quantitative estimate of drug-likeness (QED) is 0.491. The molecule has 1 atom stereocenters. The zero-order valence-electron chi connectivity index (χ0n) is 17.9. The first kappa shape index (κ1) is 24.6. The van der Waals surface area contributed by atoms with Crippen molar-refractivity contribution in [2.24, 2.45) is 0 Å². The first-order chi connectivity index (χ1) is 15.5. The van der Waals surface area contributed by atoms with Gasteiger partial charge in [-0.1, -0.05) is 48.0 Å². The maximum atomic E-state index is 13.4. The summed E-state index contributed by atoms with van der Waals surface area (Å²) in [6, 6.07) is 13.6. The normalized spacial score (nSPS) is 13.5. The van der Waals surface area contributed by atoms with Crippen molar-refractivity contribution in [3.8, 4) is 22.8 Å². The van der Waals surface area contributed by atoms with Gasteiger partial charge in [-0.3, -0.25) is 9.78 Å². The topological polar surface area (TPSA) is 84.9 Å². The number of aromatic amines is 1. The van der Waals surface area contributed by atoms with Crippen molar-refractivity contribution >= 4 is 17.4 Å². The molecule has 1 heterocycles. The number of carbonyl (C=O) groups excluding carboxylic acids is 1. The van der Waals surface area contributed by atoms with Crippen LogP contribution < -0.4 is 5.69 Å². The van der Waals surface area contributed by atoms with Crippen molar-refractivity contribution in [1.82, 2.24) is 15.0 Å². The second kappa shape index (κ2) is 9.84. The number of halogens is 4. The third kappa shape index (κ3) is 5.48. The molecule has 10 heteroatoms. The first-order valence-corrected chi connectivity index (χ1v) is 10.5. The van der Waals surface area contributed by atoms with Gasteiger partial charge >= 0.3 is 11.9 Å². The molecule has 0 spiro atoms. The number of H-pyrrole nitrogens is 1. The van der Waals surface area contributed by atoms with Gasteiger partial charge < -0.3 is 4.74 Å². The van der Waals surface area contributed by atoms with Gasteiger partial charge in [0, 0.05) is 24.2 Å². The fraction of sp³-hybridized carbons (Fsp3) is 0.304. The molecule has 0 amide bonds. The average Bonchev–Trinajstić information content (AvgIpc) is 2.77. The number of nitrogens with one attached hydrogen (secondary N) is 1. The number of hydrogen-bond donors (Lipinski definition) is 1. The molecule has 174 valence electrons. The maximum Gasteiger partial charge on any atom is 0.424 e. The summed E-state index contributed by atoms with van der Waals surface area (Å²) in [4.78, 5) is 35.3. The molecule has 1 N–H and O–H groups in total. The predicted molar refractivity (Wildman–Crippen MR) is 118 cm³/mol. The average molecular weight is 480 g/mol. The van der Waals surface area contributed by atoms with E-state index in [1.807, 2.05) is 6.07 Å². The Labute approximate surface area is 192 Å². The van der Waals surface area contributed by atoms with E-state index >= 15 is 0 Å². The molecular formula is C23H21ClF3N3O3. The summed E-state index contributed by atoms with van der Waals surface area (Å²) in [6.45, 7) is 1.88. The third-order valence-corrected chi connectivity index (χ3v) is 5.44. The Kier molecular flexibility index (Phi) is 7.34. The van der Waals surface area contributed by atoms with Crippen LogP contribution in [-0.4, -0.2) is 39.1 Å². The number of ether oxygens (including phenoxy) is 1. The maximum absolute atomic E-state index is 13.4. The van der Waals surface area contributed by atoms with Crippen LogP contribution in [0.25, 0.3) is 22.8 Å². The summed E-state index contributed by atoms with van der Waals surface area (Å²) in [7, 11) is 0. The molecule has 6 nitrogen and oxygen atoms in total. The lowest BCUT2D eigenvalue weighted by atomic mass is 9.94. The highest BCUT2D eigenvalue weighted by Gasteiger charge is 2.57. The van der Waals surface area contributed by atoms with E-state index in [1.54, 1.807) is 36.4 Å². The second-order valence-electron chi connectivity index (χ2n) is 7.39. The number of Topliss-reactive ketones (excluding diaryl/α,β-unsaturated/α-hetero) is 1. The number of rotatable bonds is 8. The molecule has 2 aromatic carbocycles. The first-order valence-electron chi connectivity index (χ1n) is 10.1. The third-order valence-electron chi connectivity index (χ3n) is 5.12. The van der Waals surface area contributed by atoms with Gasteiger partial charge in [-0.05, 0) is 38.0 Å². The summed E-state index contributed by atoms with van der Waals surface area (Å²) >= 11 is 6.30. The van der Waals surface area contributed by atoms with Crippen molar-refractivity contribution in [2.45, 2.75) is 38.5 Å². The molecule has 3 rings (SSSR count). The van der Waals surface area contributed by atoms with Gasteiger partial charge in [0.15, 0.2) is 11.6 Å². The van der Waals surface area contributed by atoms with E-state index in [0.717, 1.165) is 6.92 Å². The van der Waals surface area contributed by atoms with Crippen molar-refractivity contribution in [1.29, 1.82) is 0 Å². The van der Waals surface area contributed by atoms with Crippen molar-refractivity contribution in [2.75, 3.05) is 6.61 Å². The van der Waals surface area contributed by atoms with Gasteiger partial charge in [0.05, 0.1) is 5.02 Å². The molecule has 0 aliphatic rings. The standard InChI is InChI=1S/C23H21ClF3N3O3/c1-3-33-22(2,23(25,26)27)18(31)12-10-14-9-11-17(24)16(13-14)20-28-19(29-21(32)30-20)15-7-5-4-6-8-15/h4-9,11,13H,3,10,12H2,1-2H3,(H,28,29,30,32)/t22-/m1/s1. The van der Waals surface area contributed by atoms with Crippen molar-refractivity contribution < 1.29 is 22.7 Å². The summed E-state index contributed by atoms with van der Waals surface area (Å²) in [5, 5.41) is 0.271. The number of nitrogens with zero attached hydrogens (tertiary/aromatic N) is 2. The molecule has 0 saturated carbocycles. The van der Waals surface area contributed by atoms with Crippen LogP contribution >= 0.6 is 11.6 Å². The van der Waals surface area contributed by atoms with E-state index in [4.69, 9.17) is 16.3 Å². The molecule has 0 fully saturated rings. The molecule has 0 aliphatic heterocycles. The summed E-state index contributed by atoms with van der Waals surface area (Å²) < 4.78 is 45.0. The smallest absolute Gasteiger partial charge is 0.359 e. The zero-order chi connectivity index (χ0) is 24.2. The van der Waals surface area contributed by atoms with E-state index in [2.05, 4.69) is 15.0 Å². The van der Waals surface area contributed by atoms with Gasteiger partial charge in [-0.25, -0.2) is 9.78 Å². The molecule has 0 unspecified atom stereocenters. The highest BCUT2D eigenvalue weighted by Crippen LogP contribution is 2.35. The number of aromatic nitrogens is 3. The van der Waals surface area contributed by atoms with Gasteiger partial charge in [0.2, 0.25) is 5.60 Å². The lowest BCUT2D eigenvalue weighted by Crippen LogP contribution is -2.51. The number of hydrogen-bond acceptors (Lipinski definition) is 5. The van der Waals surface area contributed by atoms with Crippen molar-refractivity contribution in [3.05, 3.63) is 69.6 Å². The van der Waals surface area contributed by atoms with E-state index in [-0.39, 0.29) is 29.7 Å². The number of ketones is 1. The molecule has 3 aromatic rings. The zero-order valence-corrected chi connectivity index (χ0v) is 18.6. The van der Waals surface area contributed by atoms with Crippen LogP contribution in [-0.2, 0) is 16.0 Å². The monoisotopic (exact) mass is 479 g/mol. The van der Waals surface area contributed by atoms with Crippen LogP contribution in [0, 0.1) is 0 Å². The Morgan fingerprint density at radius 2 is 1.82 bits per heavy atom. The molecule has 1 aromatic heterocycles. The van der Waals surface area contributed by atoms with E-state index < -0.39 is 29.7 Å². The summed E-state index contributed by atoms with van der Waals surface area (Å²) in [5.74, 6) is -0.722. The minimum atomic E-state index is -4.83. The lowest BCUT2D eigenvalue weighted by Gasteiger charge is -2.30. The Morgan fingerprint density at radius 1 is 1.12 bits per heavy atom. The Bertz CT molecular complexity index is 1200. The largest absolute Gasteiger partial charge is 0.424 e. The van der Waals surface area contributed by atoms with Crippen LogP contribution in [0.2, 0.25) is 5.02 Å². The second-order valence-corrected chi connectivity index (χ2v) is 7.80. The number of carbonyl (C=O) groups is 1. The van der Waals surface area contributed by atoms with Crippen LogP contribution in [0.4, 0.5) is 13.2 Å². The van der Waals surface area contributed by atoms with E-state index in [9.17, 15) is 22.8 Å². The van der Waals surface area contributed by atoms with E-state index in [0.29, 0.717) is 16.7 Å². The fourth-order valence-corrected chi connectivity index (χ4v) is 3.45. The summed E-state index contributed by atoms with van der Waals surface area (Å²) in [5.41, 5.74) is -1.97. The van der Waals surface area contributed by atoms with Crippen LogP contribution in [0.1, 0.15) is 25.8 Å².